The summed E-state index contributed by atoms with van der Waals surface area (Å²) in [6, 6.07) is 15.0. The number of nitrogens with zero attached hydrogens (tertiary/aromatic N) is 2. The van der Waals surface area contributed by atoms with Gasteiger partial charge in [-0.1, -0.05) is 23.7 Å². The number of rotatable bonds is 4. The van der Waals surface area contributed by atoms with Crippen LogP contribution in [0.2, 0.25) is 5.02 Å². The van der Waals surface area contributed by atoms with E-state index in [9.17, 15) is 9.59 Å². The van der Waals surface area contributed by atoms with Crippen LogP contribution < -0.4 is 0 Å². The Morgan fingerprint density at radius 3 is 2.08 bits per heavy atom. The summed E-state index contributed by atoms with van der Waals surface area (Å²) in [5.74, 6) is 0.117. The molecule has 0 atom stereocenters. The largest absolute Gasteiger partial charge is 0.339 e. The Morgan fingerprint density at radius 2 is 1.50 bits per heavy atom. The van der Waals surface area contributed by atoms with Gasteiger partial charge in [-0.25, -0.2) is 0 Å². The first kappa shape index (κ1) is 18.8. The zero-order valence-corrected chi connectivity index (χ0v) is 16.2. The molecular weight excluding hydrogens is 368 g/mol. The quantitative estimate of drug-likeness (QED) is 0.751. The molecule has 1 saturated heterocycles. The molecule has 6 heteroatoms. The zero-order chi connectivity index (χ0) is 18.5. The van der Waals surface area contributed by atoms with Crippen molar-refractivity contribution >= 4 is 35.2 Å². The molecule has 0 saturated carbocycles. The Morgan fingerprint density at radius 1 is 0.923 bits per heavy atom. The lowest BCUT2D eigenvalue weighted by molar-refractivity contribution is -0.131. The second-order valence-electron chi connectivity index (χ2n) is 6.20. The fourth-order valence-electron chi connectivity index (χ4n) is 2.96. The molecule has 0 bridgehead atoms. The van der Waals surface area contributed by atoms with Gasteiger partial charge in [0.05, 0.1) is 6.42 Å². The maximum Gasteiger partial charge on any atom is 0.253 e. The molecule has 4 nitrogen and oxygen atoms in total. The molecule has 2 aromatic rings. The van der Waals surface area contributed by atoms with Crippen LogP contribution in [0.25, 0.3) is 0 Å². The van der Waals surface area contributed by atoms with Crippen LogP contribution in [0.5, 0.6) is 0 Å². The minimum atomic E-state index is 0.0300. The van der Waals surface area contributed by atoms with Gasteiger partial charge in [-0.2, -0.15) is 0 Å². The van der Waals surface area contributed by atoms with Crippen LogP contribution in [0, 0.1) is 0 Å². The number of carbonyl (C=O) groups is 2. The molecule has 0 spiro atoms. The summed E-state index contributed by atoms with van der Waals surface area (Å²) >= 11 is 7.53. The summed E-state index contributed by atoms with van der Waals surface area (Å²) in [4.78, 5) is 29.8. The summed E-state index contributed by atoms with van der Waals surface area (Å²) < 4.78 is 0. The van der Waals surface area contributed by atoms with Crippen LogP contribution in [-0.4, -0.2) is 54.0 Å². The lowest BCUT2D eigenvalue weighted by atomic mass is 10.1. The number of thioether (sulfide) groups is 1. The SMILES string of the molecule is CSc1ccc(C(=O)N2CCN(C(=O)Cc3ccc(Cl)cc3)CC2)cc1. The molecule has 3 rings (SSSR count). The fourth-order valence-corrected chi connectivity index (χ4v) is 3.50. The van der Waals surface area contributed by atoms with Crippen molar-refractivity contribution in [2.75, 3.05) is 32.4 Å². The number of benzene rings is 2. The van der Waals surface area contributed by atoms with Gasteiger partial charge in [-0.3, -0.25) is 9.59 Å². The molecule has 0 radical (unpaired) electrons. The third-order valence-electron chi connectivity index (χ3n) is 4.53. The van der Waals surface area contributed by atoms with Gasteiger partial charge in [0, 0.05) is 41.7 Å². The van der Waals surface area contributed by atoms with Crippen LogP contribution in [-0.2, 0) is 11.2 Å². The Labute approximate surface area is 163 Å². The lowest BCUT2D eigenvalue weighted by Crippen LogP contribution is -2.51. The van der Waals surface area contributed by atoms with Gasteiger partial charge in [0.25, 0.3) is 5.91 Å². The maximum atomic E-state index is 12.6. The molecule has 1 fully saturated rings. The molecule has 0 N–H and O–H groups in total. The van der Waals surface area contributed by atoms with E-state index in [1.807, 2.05) is 52.5 Å². The van der Waals surface area contributed by atoms with E-state index in [0.717, 1.165) is 10.5 Å². The van der Waals surface area contributed by atoms with E-state index in [0.29, 0.717) is 43.2 Å². The first-order valence-electron chi connectivity index (χ1n) is 8.52. The Bertz CT molecular complexity index is 769. The minimum Gasteiger partial charge on any atom is -0.339 e. The summed E-state index contributed by atoms with van der Waals surface area (Å²) in [5, 5.41) is 0.666. The van der Waals surface area contributed by atoms with E-state index in [-0.39, 0.29) is 11.8 Å². The van der Waals surface area contributed by atoms with Crippen molar-refractivity contribution in [1.29, 1.82) is 0 Å². The van der Waals surface area contributed by atoms with E-state index < -0.39 is 0 Å². The van der Waals surface area contributed by atoms with Crippen LogP contribution in [0.1, 0.15) is 15.9 Å². The van der Waals surface area contributed by atoms with Crippen molar-refractivity contribution < 1.29 is 9.59 Å². The number of hydrogen-bond acceptors (Lipinski definition) is 3. The first-order valence-corrected chi connectivity index (χ1v) is 10.1. The molecule has 0 unspecified atom stereocenters. The average Bonchev–Trinajstić information content (AvgIpc) is 2.69. The Balaban J connectivity index is 1.53. The third-order valence-corrected chi connectivity index (χ3v) is 5.52. The van der Waals surface area contributed by atoms with E-state index in [2.05, 4.69) is 0 Å². The number of piperazine rings is 1. The van der Waals surface area contributed by atoms with Gasteiger partial charge in [0.1, 0.15) is 0 Å². The summed E-state index contributed by atoms with van der Waals surface area (Å²) in [5.41, 5.74) is 1.65. The standard InChI is InChI=1S/C20H21ClN2O2S/c1-26-18-8-4-16(5-9-18)20(25)23-12-10-22(11-13-23)19(24)14-15-2-6-17(21)7-3-15/h2-9H,10-14H2,1H3. The second kappa shape index (κ2) is 8.60. The summed E-state index contributed by atoms with van der Waals surface area (Å²) in [6.07, 6.45) is 2.37. The maximum absolute atomic E-state index is 12.6. The predicted molar refractivity (Wildman–Crippen MR) is 106 cm³/mol. The van der Waals surface area contributed by atoms with E-state index in [1.54, 1.807) is 23.9 Å². The molecule has 0 aromatic heterocycles. The highest BCUT2D eigenvalue weighted by Gasteiger charge is 2.24. The molecule has 2 aromatic carbocycles. The lowest BCUT2D eigenvalue weighted by Gasteiger charge is -2.35. The van der Waals surface area contributed by atoms with E-state index in [4.69, 9.17) is 11.6 Å². The van der Waals surface area contributed by atoms with Gasteiger partial charge in [-0.05, 0) is 48.2 Å². The summed E-state index contributed by atoms with van der Waals surface area (Å²) in [6.45, 7) is 2.27. The van der Waals surface area contributed by atoms with Gasteiger partial charge >= 0.3 is 0 Å². The van der Waals surface area contributed by atoms with Crippen LogP contribution in [0.3, 0.4) is 0 Å². The van der Waals surface area contributed by atoms with Gasteiger partial charge < -0.3 is 9.80 Å². The number of amides is 2. The van der Waals surface area contributed by atoms with E-state index in [1.165, 1.54) is 0 Å². The molecule has 2 amide bonds. The van der Waals surface area contributed by atoms with Crippen molar-refractivity contribution in [3.8, 4) is 0 Å². The zero-order valence-electron chi connectivity index (χ0n) is 14.7. The van der Waals surface area contributed by atoms with Crippen LogP contribution >= 0.6 is 23.4 Å². The highest BCUT2D eigenvalue weighted by atomic mass is 35.5. The number of carbonyl (C=O) groups excluding carboxylic acids is 2. The molecule has 1 aliphatic rings. The monoisotopic (exact) mass is 388 g/mol. The van der Waals surface area contributed by atoms with Crippen molar-refractivity contribution in [3.05, 3.63) is 64.7 Å². The second-order valence-corrected chi connectivity index (χ2v) is 7.52. The number of halogens is 1. The molecule has 26 heavy (non-hydrogen) atoms. The molecule has 1 heterocycles. The molecule has 1 aliphatic heterocycles. The normalized spacial score (nSPS) is 14.4. The van der Waals surface area contributed by atoms with Crippen LogP contribution in [0.15, 0.2) is 53.4 Å². The highest BCUT2D eigenvalue weighted by Crippen LogP contribution is 2.17. The predicted octanol–water partition coefficient (Wildman–Crippen LogP) is 3.59. The van der Waals surface area contributed by atoms with E-state index >= 15 is 0 Å². The van der Waals surface area contributed by atoms with Crippen molar-refractivity contribution in [2.45, 2.75) is 11.3 Å². The molecule has 136 valence electrons. The van der Waals surface area contributed by atoms with Crippen molar-refractivity contribution in [3.63, 3.8) is 0 Å². The smallest absolute Gasteiger partial charge is 0.253 e. The fraction of sp³-hybridized carbons (Fsp3) is 0.300. The van der Waals surface area contributed by atoms with Gasteiger partial charge in [0.2, 0.25) is 5.91 Å². The minimum absolute atomic E-state index is 0.0300. The third kappa shape index (κ3) is 4.59. The first-order chi connectivity index (χ1) is 12.6. The average molecular weight is 389 g/mol. The molecular formula is C20H21ClN2O2S. The summed E-state index contributed by atoms with van der Waals surface area (Å²) in [7, 11) is 0. The molecule has 0 aliphatic carbocycles. The Hall–Kier alpha value is -1.98. The Kier molecular flexibility index (Phi) is 6.22. The van der Waals surface area contributed by atoms with Gasteiger partial charge in [-0.15, -0.1) is 11.8 Å². The topological polar surface area (TPSA) is 40.6 Å². The van der Waals surface area contributed by atoms with Crippen molar-refractivity contribution in [1.82, 2.24) is 9.80 Å². The van der Waals surface area contributed by atoms with Crippen LogP contribution in [0.4, 0.5) is 0 Å². The van der Waals surface area contributed by atoms with Gasteiger partial charge in [0.15, 0.2) is 0 Å². The van der Waals surface area contributed by atoms with Crippen molar-refractivity contribution in [2.24, 2.45) is 0 Å². The number of hydrogen-bond donors (Lipinski definition) is 0. The highest BCUT2D eigenvalue weighted by molar-refractivity contribution is 7.98.